The molecule has 1 fully saturated rings. The number of benzene rings is 1. The Labute approximate surface area is 177 Å². The SMILES string of the molecule is CC(=O)NC(C)C1(Oc2cnc(Oc3ccc4nc(C(C)C)sc4c3F)cn2)CC1. The van der Waals surface area contributed by atoms with Crippen LogP contribution in [0.15, 0.2) is 24.5 Å². The maximum atomic E-state index is 14.9. The lowest BCUT2D eigenvalue weighted by Gasteiger charge is -2.24. The Kier molecular flexibility index (Phi) is 5.31. The van der Waals surface area contributed by atoms with Crippen LogP contribution in [0, 0.1) is 5.82 Å². The monoisotopic (exact) mass is 430 g/mol. The average molecular weight is 431 g/mol. The molecule has 1 atom stereocenters. The van der Waals surface area contributed by atoms with Gasteiger partial charge in [0.1, 0.15) is 5.60 Å². The molecule has 0 saturated heterocycles. The lowest BCUT2D eigenvalue weighted by molar-refractivity contribution is -0.120. The molecule has 2 aromatic heterocycles. The molecule has 0 radical (unpaired) electrons. The van der Waals surface area contributed by atoms with Crippen LogP contribution in [0.25, 0.3) is 10.2 Å². The molecule has 1 saturated carbocycles. The molecule has 0 bridgehead atoms. The molecule has 0 aliphatic heterocycles. The zero-order chi connectivity index (χ0) is 21.5. The van der Waals surface area contributed by atoms with E-state index in [0.717, 1.165) is 17.8 Å². The first-order valence-corrected chi connectivity index (χ1v) is 10.6. The molecule has 1 aliphatic carbocycles. The summed E-state index contributed by atoms with van der Waals surface area (Å²) in [5.74, 6) is 0.230. The fourth-order valence-corrected chi connectivity index (χ4v) is 4.20. The van der Waals surface area contributed by atoms with Crippen LogP contribution in [0.5, 0.6) is 17.5 Å². The second kappa shape index (κ2) is 7.79. The van der Waals surface area contributed by atoms with E-state index in [1.165, 1.54) is 30.7 Å². The van der Waals surface area contributed by atoms with Gasteiger partial charge in [-0.15, -0.1) is 11.3 Å². The van der Waals surface area contributed by atoms with Gasteiger partial charge in [0, 0.05) is 12.8 Å². The second-order valence-electron chi connectivity index (χ2n) is 7.82. The molecule has 7 nitrogen and oxygen atoms in total. The van der Waals surface area contributed by atoms with Crippen molar-refractivity contribution in [3.8, 4) is 17.5 Å². The van der Waals surface area contributed by atoms with Gasteiger partial charge in [-0.25, -0.2) is 19.3 Å². The molecule has 158 valence electrons. The van der Waals surface area contributed by atoms with E-state index in [-0.39, 0.29) is 29.5 Å². The number of carbonyl (C=O) groups is 1. The Bertz CT molecular complexity index is 1080. The zero-order valence-electron chi connectivity index (χ0n) is 17.2. The average Bonchev–Trinajstić information content (AvgIpc) is 3.33. The number of ether oxygens (including phenoxy) is 2. The topological polar surface area (TPSA) is 86.2 Å². The number of thiazole rings is 1. The fraction of sp³-hybridized carbons (Fsp3) is 0.429. The minimum Gasteiger partial charge on any atom is -0.468 e. The van der Waals surface area contributed by atoms with Gasteiger partial charge in [0.25, 0.3) is 0 Å². The van der Waals surface area contributed by atoms with Crippen molar-refractivity contribution in [2.45, 2.75) is 58.1 Å². The smallest absolute Gasteiger partial charge is 0.238 e. The van der Waals surface area contributed by atoms with Crippen LogP contribution >= 0.6 is 11.3 Å². The fourth-order valence-electron chi connectivity index (χ4n) is 3.20. The van der Waals surface area contributed by atoms with Crippen LogP contribution in [0.1, 0.15) is 51.5 Å². The van der Waals surface area contributed by atoms with Crippen molar-refractivity contribution in [1.29, 1.82) is 0 Å². The van der Waals surface area contributed by atoms with Crippen LogP contribution in [0.4, 0.5) is 4.39 Å². The van der Waals surface area contributed by atoms with E-state index in [1.54, 1.807) is 12.1 Å². The van der Waals surface area contributed by atoms with Gasteiger partial charge in [-0.05, 0) is 31.9 Å². The van der Waals surface area contributed by atoms with Gasteiger partial charge in [0.2, 0.25) is 17.7 Å². The molecule has 1 aromatic carbocycles. The van der Waals surface area contributed by atoms with Crippen molar-refractivity contribution in [3.63, 3.8) is 0 Å². The summed E-state index contributed by atoms with van der Waals surface area (Å²) in [6.07, 6.45) is 4.49. The third-order valence-corrected chi connectivity index (χ3v) is 6.41. The minimum atomic E-state index is -0.458. The normalized spacial score (nSPS) is 15.8. The van der Waals surface area contributed by atoms with Gasteiger partial charge < -0.3 is 14.8 Å². The van der Waals surface area contributed by atoms with Crippen LogP contribution in [0.3, 0.4) is 0 Å². The lowest BCUT2D eigenvalue weighted by atomic mass is 10.1. The summed E-state index contributed by atoms with van der Waals surface area (Å²) in [6.45, 7) is 7.43. The van der Waals surface area contributed by atoms with Crippen LogP contribution in [0.2, 0.25) is 0 Å². The Morgan fingerprint density at radius 3 is 2.50 bits per heavy atom. The van der Waals surface area contributed by atoms with E-state index in [1.807, 2.05) is 20.8 Å². The molecule has 9 heteroatoms. The first kappa shape index (κ1) is 20.5. The van der Waals surface area contributed by atoms with Gasteiger partial charge in [0.15, 0.2) is 11.6 Å². The van der Waals surface area contributed by atoms with E-state index < -0.39 is 11.4 Å². The highest BCUT2D eigenvalue weighted by Gasteiger charge is 2.51. The molecule has 1 amide bonds. The van der Waals surface area contributed by atoms with Crippen molar-refractivity contribution in [2.75, 3.05) is 0 Å². The largest absolute Gasteiger partial charge is 0.468 e. The molecule has 0 spiro atoms. The Morgan fingerprint density at radius 2 is 1.90 bits per heavy atom. The molecule has 1 unspecified atom stereocenters. The van der Waals surface area contributed by atoms with Crippen molar-refractivity contribution in [3.05, 3.63) is 35.4 Å². The van der Waals surface area contributed by atoms with Gasteiger partial charge in [-0.3, -0.25) is 4.79 Å². The molecule has 4 rings (SSSR count). The van der Waals surface area contributed by atoms with Crippen molar-refractivity contribution in [2.24, 2.45) is 0 Å². The van der Waals surface area contributed by atoms with Crippen molar-refractivity contribution in [1.82, 2.24) is 20.3 Å². The molecule has 2 heterocycles. The molecular formula is C21H23FN4O3S. The number of fused-ring (bicyclic) bond motifs is 1. The number of carbonyl (C=O) groups excluding carboxylic acids is 1. The zero-order valence-corrected chi connectivity index (χ0v) is 18.0. The molecular weight excluding hydrogens is 407 g/mol. The first-order valence-electron chi connectivity index (χ1n) is 9.82. The van der Waals surface area contributed by atoms with Gasteiger partial charge >= 0.3 is 0 Å². The maximum Gasteiger partial charge on any atom is 0.238 e. The van der Waals surface area contributed by atoms with E-state index in [4.69, 9.17) is 9.47 Å². The quantitative estimate of drug-likeness (QED) is 0.591. The van der Waals surface area contributed by atoms with Crippen LogP contribution in [-0.2, 0) is 4.79 Å². The van der Waals surface area contributed by atoms with Crippen LogP contribution in [-0.4, -0.2) is 32.5 Å². The van der Waals surface area contributed by atoms with Crippen molar-refractivity contribution < 1.29 is 18.7 Å². The third-order valence-electron chi connectivity index (χ3n) is 5.05. The van der Waals surface area contributed by atoms with Gasteiger partial charge in [-0.2, -0.15) is 0 Å². The second-order valence-corrected chi connectivity index (χ2v) is 8.85. The Morgan fingerprint density at radius 1 is 1.20 bits per heavy atom. The summed E-state index contributed by atoms with van der Waals surface area (Å²) in [4.78, 5) is 24.2. The van der Waals surface area contributed by atoms with Gasteiger partial charge in [-0.1, -0.05) is 13.8 Å². The Balaban J connectivity index is 1.47. The number of nitrogens with one attached hydrogen (secondary N) is 1. The first-order chi connectivity index (χ1) is 14.3. The molecule has 1 aliphatic rings. The maximum absolute atomic E-state index is 14.9. The van der Waals surface area contributed by atoms with E-state index in [9.17, 15) is 9.18 Å². The van der Waals surface area contributed by atoms with E-state index in [0.29, 0.717) is 16.1 Å². The summed E-state index contributed by atoms with van der Waals surface area (Å²) in [5.41, 5.74) is 0.159. The molecule has 30 heavy (non-hydrogen) atoms. The minimum absolute atomic E-state index is 0.0716. The number of hydrogen-bond donors (Lipinski definition) is 1. The highest BCUT2D eigenvalue weighted by molar-refractivity contribution is 7.18. The summed E-state index contributed by atoms with van der Waals surface area (Å²) in [6, 6.07) is 3.15. The lowest BCUT2D eigenvalue weighted by Crippen LogP contribution is -2.45. The summed E-state index contributed by atoms with van der Waals surface area (Å²) in [7, 11) is 0. The predicted octanol–water partition coefficient (Wildman–Crippen LogP) is 4.58. The van der Waals surface area contributed by atoms with E-state index in [2.05, 4.69) is 20.3 Å². The summed E-state index contributed by atoms with van der Waals surface area (Å²) in [5, 5.41) is 3.74. The number of halogens is 1. The highest BCUT2D eigenvalue weighted by atomic mass is 32.1. The number of amides is 1. The number of nitrogens with zero attached hydrogens (tertiary/aromatic N) is 3. The number of hydrogen-bond acceptors (Lipinski definition) is 7. The van der Waals surface area contributed by atoms with Gasteiger partial charge in [0.05, 0.1) is 33.7 Å². The van der Waals surface area contributed by atoms with E-state index >= 15 is 0 Å². The van der Waals surface area contributed by atoms with Crippen LogP contribution < -0.4 is 14.8 Å². The predicted molar refractivity (Wildman–Crippen MR) is 112 cm³/mol. The third kappa shape index (κ3) is 4.07. The standard InChI is InChI=1S/C21H23FN4O3S/c1-11(2)20-26-14-5-6-15(18(22)19(14)30-20)28-16-9-24-17(10-23-16)29-21(7-8-21)12(3)25-13(4)27/h5-6,9-12H,7-8H2,1-4H3,(H,25,27). The number of rotatable bonds is 7. The molecule has 3 aromatic rings. The summed E-state index contributed by atoms with van der Waals surface area (Å²) < 4.78 is 26.9. The van der Waals surface area contributed by atoms with Crippen molar-refractivity contribution >= 4 is 27.5 Å². The Hall–Kier alpha value is -2.81. The summed E-state index contributed by atoms with van der Waals surface area (Å²) >= 11 is 1.33. The molecule has 1 N–H and O–H groups in total. The number of aromatic nitrogens is 3. The highest BCUT2D eigenvalue weighted by Crippen LogP contribution is 2.43.